The summed E-state index contributed by atoms with van der Waals surface area (Å²) in [7, 11) is 0. The minimum absolute atomic E-state index is 0.330. The molecule has 0 atom stereocenters. The van der Waals surface area contributed by atoms with Gasteiger partial charge < -0.3 is 5.32 Å². The molecule has 2 rings (SSSR count). The third kappa shape index (κ3) is 3.02. The summed E-state index contributed by atoms with van der Waals surface area (Å²) in [5, 5.41) is 12.9. The second-order valence-electron chi connectivity index (χ2n) is 4.33. The van der Waals surface area contributed by atoms with Crippen LogP contribution in [-0.4, -0.2) is 10.8 Å². The molecule has 1 amide bonds. The van der Waals surface area contributed by atoms with Crippen LogP contribution in [0, 0.1) is 28.7 Å². The maximum absolute atomic E-state index is 13.9. The van der Waals surface area contributed by atoms with Crippen LogP contribution in [0.2, 0.25) is 0 Å². The fourth-order valence-corrected chi connectivity index (χ4v) is 1.72. The number of carbonyl (C=O) groups is 1. The number of amides is 1. The highest BCUT2D eigenvalue weighted by molar-refractivity contribution is 6.05. The van der Waals surface area contributed by atoms with Crippen LogP contribution in [0.25, 0.3) is 0 Å². The number of nitrogens with one attached hydrogen (secondary N) is 1. The molecule has 0 fully saturated rings. The van der Waals surface area contributed by atoms with Gasteiger partial charge in [-0.1, -0.05) is 17.7 Å². The molecule has 0 radical (unpaired) electrons. The predicted octanol–water partition coefficient (Wildman–Crippen LogP) is 3.43. The molecule has 108 valence electrons. The molecule has 0 unspecified atom stereocenters. The van der Waals surface area contributed by atoms with Crippen molar-refractivity contribution < 1.29 is 18.5 Å². The summed E-state index contributed by atoms with van der Waals surface area (Å²) in [6.45, 7) is 1.84. The highest BCUT2D eigenvalue weighted by atomic mass is 19.1. The normalized spacial score (nSPS) is 10.2. The number of anilines is 1. The van der Waals surface area contributed by atoms with Gasteiger partial charge in [0.1, 0.15) is 11.4 Å². The second kappa shape index (κ2) is 5.66. The smallest absolute Gasteiger partial charge is 0.305 e. The van der Waals surface area contributed by atoms with Crippen LogP contribution in [-0.2, 0) is 0 Å². The number of halogens is 2. The lowest BCUT2D eigenvalue weighted by Crippen LogP contribution is -2.16. The van der Waals surface area contributed by atoms with Crippen LogP contribution < -0.4 is 5.32 Å². The summed E-state index contributed by atoms with van der Waals surface area (Å²) in [4.78, 5) is 21.5. The quantitative estimate of drug-likeness (QED) is 0.695. The van der Waals surface area contributed by atoms with Crippen LogP contribution in [0.4, 0.5) is 20.2 Å². The van der Waals surface area contributed by atoms with Gasteiger partial charge in [0.25, 0.3) is 5.91 Å². The van der Waals surface area contributed by atoms with Gasteiger partial charge in [-0.25, -0.2) is 4.39 Å². The van der Waals surface area contributed by atoms with E-state index >= 15 is 0 Å². The van der Waals surface area contributed by atoms with Crippen molar-refractivity contribution in [2.24, 2.45) is 0 Å². The van der Waals surface area contributed by atoms with Crippen LogP contribution in [0.15, 0.2) is 36.4 Å². The van der Waals surface area contributed by atoms with E-state index in [0.717, 1.165) is 5.56 Å². The van der Waals surface area contributed by atoms with Crippen molar-refractivity contribution in [2.75, 3.05) is 5.32 Å². The van der Waals surface area contributed by atoms with Gasteiger partial charge in [0, 0.05) is 11.8 Å². The van der Waals surface area contributed by atoms with Crippen LogP contribution in [0.3, 0.4) is 0 Å². The molecular weight excluding hydrogens is 282 g/mol. The van der Waals surface area contributed by atoms with Gasteiger partial charge >= 0.3 is 5.69 Å². The highest BCUT2D eigenvalue weighted by Gasteiger charge is 2.26. The molecule has 2 aromatic carbocycles. The third-order valence-electron chi connectivity index (χ3n) is 2.80. The topological polar surface area (TPSA) is 72.2 Å². The fraction of sp³-hybridized carbons (Fsp3) is 0.0714. The number of hydrogen-bond acceptors (Lipinski definition) is 3. The summed E-state index contributed by atoms with van der Waals surface area (Å²) < 4.78 is 27.4. The molecule has 5 nitrogen and oxygen atoms in total. The van der Waals surface area contributed by atoms with E-state index in [4.69, 9.17) is 0 Å². The number of hydrogen-bond donors (Lipinski definition) is 1. The molecule has 21 heavy (non-hydrogen) atoms. The molecule has 0 aliphatic rings. The molecule has 0 spiro atoms. The lowest BCUT2D eigenvalue weighted by molar-refractivity contribution is -0.387. The lowest BCUT2D eigenvalue weighted by Gasteiger charge is -2.07. The summed E-state index contributed by atoms with van der Waals surface area (Å²) in [5.41, 5.74) is -0.660. The van der Waals surface area contributed by atoms with Crippen LogP contribution in [0.1, 0.15) is 15.9 Å². The molecular formula is C14H10F2N2O3. The minimum Gasteiger partial charge on any atom is -0.322 e. The van der Waals surface area contributed by atoms with E-state index in [0.29, 0.717) is 17.8 Å². The maximum atomic E-state index is 13.9. The first-order valence-corrected chi connectivity index (χ1v) is 5.90. The van der Waals surface area contributed by atoms with E-state index in [1.165, 1.54) is 0 Å². The Morgan fingerprint density at radius 2 is 1.76 bits per heavy atom. The number of benzene rings is 2. The Kier molecular flexibility index (Phi) is 3.93. The van der Waals surface area contributed by atoms with Crippen molar-refractivity contribution in [3.05, 3.63) is 69.3 Å². The zero-order valence-corrected chi connectivity index (χ0v) is 10.9. The average molecular weight is 292 g/mol. The number of nitrogens with zero attached hydrogens (tertiary/aromatic N) is 1. The maximum Gasteiger partial charge on any atom is 0.305 e. The largest absolute Gasteiger partial charge is 0.322 e. The minimum atomic E-state index is -1.50. The molecule has 0 heterocycles. The Hall–Kier alpha value is -2.83. The number of rotatable bonds is 3. The molecule has 2 aromatic rings. The first kappa shape index (κ1) is 14.6. The van der Waals surface area contributed by atoms with Crippen molar-refractivity contribution in [1.82, 2.24) is 0 Å². The molecule has 0 saturated carbocycles. The third-order valence-corrected chi connectivity index (χ3v) is 2.80. The number of carbonyl (C=O) groups excluding carboxylic acids is 1. The van der Waals surface area contributed by atoms with Gasteiger partial charge in [0.05, 0.1) is 4.92 Å². The van der Waals surface area contributed by atoms with E-state index in [1.807, 2.05) is 6.92 Å². The van der Waals surface area contributed by atoms with Gasteiger partial charge in [-0.05, 0) is 25.1 Å². The van der Waals surface area contributed by atoms with Crippen molar-refractivity contribution in [3.8, 4) is 0 Å². The van der Waals surface area contributed by atoms with Gasteiger partial charge in [0.2, 0.25) is 5.82 Å². The van der Waals surface area contributed by atoms with Crippen molar-refractivity contribution in [3.63, 3.8) is 0 Å². The Morgan fingerprint density at radius 3 is 2.33 bits per heavy atom. The van der Waals surface area contributed by atoms with Crippen molar-refractivity contribution in [2.45, 2.75) is 6.92 Å². The standard InChI is InChI=1S/C14H10F2N2O3/c1-8-2-4-9(5-3-8)17-14(19)12-10(15)6-7-11(13(12)16)18(20)21/h2-7H,1H3,(H,17,19). The molecule has 0 aromatic heterocycles. The monoisotopic (exact) mass is 292 g/mol. The molecule has 7 heteroatoms. The number of aryl methyl sites for hydroxylation is 1. The van der Waals surface area contributed by atoms with Gasteiger partial charge in [-0.15, -0.1) is 0 Å². The predicted molar refractivity (Wildman–Crippen MR) is 72.1 cm³/mol. The molecule has 0 aliphatic carbocycles. The summed E-state index contributed by atoms with van der Waals surface area (Å²) in [6.07, 6.45) is 0. The Labute approximate surface area is 118 Å². The van der Waals surface area contributed by atoms with E-state index in [2.05, 4.69) is 5.32 Å². The SMILES string of the molecule is Cc1ccc(NC(=O)c2c(F)ccc([N+](=O)[O-])c2F)cc1. The summed E-state index contributed by atoms with van der Waals surface area (Å²) in [6, 6.07) is 7.88. The van der Waals surface area contributed by atoms with E-state index < -0.39 is 33.7 Å². The average Bonchev–Trinajstić information content (AvgIpc) is 2.41. The number of nitro groups is 1. The lowest BCUT2D eigenvalue weighted by atomic mass is 10.1. The first-order valence-electron chi connectivity index (χ1n) is 5.90. The molecule has 0 bridgehead atoms. The zero-order chi connectivity index (χ0) is 15.6. The van der Waals surface area contributed by atoms with E-state index in [9.17, 15) is 23.7 Å². The summed E-state index contributed by atoms with van der Waals surface area (Å²) >= 11 is 0. The number of nitro benzene ring substituents is 1. The van der Waals surface area contributed by atoms with Crippen molar-refractivity contribution in [1.29, 1.82) is 0 Å². The van der Waals surface area contributed by atoms with Gasteiger partial charge in [0.15, 0.2) is 0 Å². The van der Waals surface area contributed by atoms with Gasteiger partial charge in [-0.2, -0.15) is 4.39 Å². The molecule has 0 saturated heterocycles. The fourth-order valence-electron chi connectivity index (χ4n) is 1.72. The summed E-state index contributed by atoms with van der Waals surface area (Å²) in [5.74, 6) is -3.75. The second-order valence-corrected chi connectivity index (χ2v) is 4.33. The Morgan fingerprint density at radius 1 is 1.14 bits per heavy atom. The van der Waals surface area contributed by atoms with Crippen LogP contribution in [0.5, 0.6) is 0 Å². The highest BCUT2D eigenvalue weighted by Crippen LogP contribution is 2.24. The molecule has 1 N–H and O–H groups in total. The first-order chi connectivity index (χ1) is 9.90. The molecule has 0 aliphatic heterocycles. The van der Waals surface area contributed by atoms with E-state index in [1.54, 1.807) is 24.3 Å². The Balaban J connectivity index is 2.37. The van der Waals surface area contributed by atoms with E-state index in [-0.39, 0.29) is 0 Å². The Bertz CT molecular complexity index is 715. The van der Waals surface area contributed by atoms with Gasteiger partial charge in [-0.3, -0.25) is 14.9 Å². The van der Waals surface area contributed by atoms with Crippen LogP contribution >= 0.6 is 0 Å². The zero-order valence-electron chi connectivity index (χ0n) is 10.9. The van der Waals surface area contributed by atoms with Crippen molar-refractivity contribution >= 4 is 17.3 Å².